The third-order valence-electron chi connectivity index (χ3n) is 4.90. The fraction of sp³-hybridized carbons (Fsp3) is 1.00. The van der Waals surface area contributed by atoms with Crippen LogP contribution in [0.5, 0.6) is 0 Å². The normalized spacial score (nSPS) is 51.4. The minimum atomic E-state index is -0.545. The number of nitrogens with zero attached hydrogens (tertiary/aromatic N) is 1. The van der Waals surface area contributed by atoms with Crippen molar-refractivity contribution in [1.29, 1.82) is 0 Å². The standard InChI is InChI=1S/C6H17B6NO3/c1-12-4(9)6(11)13(2)5(10,15-16-6)3(7,8)14-4/h12H,7-11H2,1-2H3. The van der Waals surface area contributed by atoms with Crippen LogP contribution in [0.2, 0.25) is 6.82 Å². The largest absolute Gasteiger partial charge is 0.396 e. The average molecular weight is 216 g/mol. The van der Waals surface area contributed by atoms with Crippen molar-refractivity contribution < 1.29 is 14.5 Å². The molecule has 0 aromatic rings. The summed E-state index contributed by atoms with van der Waals surface area (Å²) >= 11 is 0. The first-order valence-corrected chi connectivity index (χ1v) is 5.94. The zero-order chi connectivity index (χ0) is 12.4. The van der Waals surface area contributed by atoms with E-state index in [1.54, 1.807) is 0 Å². The fourth-order valence-electron chi connectivity index (χ4n) is 2.78. The smallest absolute Gasteiger partial charge is 0.169 e. The molecule has 10 heteroatoms. The van der Waals surface area contributed by atoms with Gasteiger partial charge < -0.3 is 4.74 Å². The maximum atomic E-state index is 6.28. The predicted molar refractivity (Wildman–Crippen MR) is 77.7 cm³/mol. The van der Waals surface area contributed by atoms with Crippen molar-refractivity contribution in [2.24, 2.45) is 0 Å². The van der Waals surface area contributed by atoms with Crippen molar-refractivity contribution >= 4 is 46.5 Å². The van der Waals surface area contributed by atoms with E-state index in [1.165, 1.54) is 0 Å². The molecule has 0 N–H and O–H groups in total. The third-order valence-corrected chi connectivity index (χ3v) is 4.90. The first kappa shape index (κ1) is 12.7. The Morgan fingerprint density at radius 3 is 2.00 bits per heavy atom. The Kier molecular flexibility index (Phi) is 2.51. The van der Waals surface area contributed by atoms with Gasteiger partial charge in [0.1, 0.15) is 34.8 Å². The Morgan fingerprint density at radius 1 is 1.00 bits per heavy atom. The predicted octanol–water partition coefficient (Wildman–Crippen LogP) is -5.82. The van der Waals surface area contributed by atoms with Crippen LogP contribution in [0.4, 0.5) is 0 Å². The van der Waals surface area contributed by atoms with Gasteiger partial charge in [0.25, 0.3) is 0 Å². The van der Waals surface area contributed by atoms with Crippen LogP contribution in [0.1, 0.15) is 0 Å². The third kappa shape index (κ3) is 1.17. The van der Waals surface area contributed by atoms with Crippen LogP contribution >= 0.6 is 0 Å². The molecule has 3 unspecified atom stereocenters. The molecule has 0 spiro atoms. The van der Waals surface area contributed by atoms with Crippen molar-refractivity contribution in [3.05, 3.63) is 0 Å². The highest BCUT2D eigenvalue weighted by atomic mass is 17.2. The summed E-state index contributed by atoms with van der Waals surface area (Å²) in [6.45, 7) is 2.11. The van der Waals surface area contributed by atoms with E-state index >= 15 is 0 Å². The molecule has 0 amide bonds. The van der Waals surface area contributed by atoms with E-state index in [9.17, 15) is 0 Å². The Hall–Kier alpha value is 0.230. The van der Waals surface area contributed by atoms with Gasteiger partial charge in [0.2, 0.25) is 0 Å². The van der Waals surface area contributed by atoms with Gasteiger partial charge in [-0.15, -0.1) is 0 Å². The number of morpholine rings is 1. The highest BCUT2D eigenvalue weighted by molar-refractivity contribution is 6.56. The molecular weight excluding hydrogens is 199 g/mol. The topological polar surface area (TPSA) is 30.9 Å². The van der Waals surface area contributed by atoms with Gasteiger partial charge in [0.05, 0.1) is 0 Å². The van der Waals surface area contributed by atoms with Gasteiger partial charge in [-0.1, -0.05) is 6.82 Å². The molecule has 0 aliphatic carbocycles. The SMILES string of the molecule is BC1(B)OC(B)(BC)C2(B)OOC1(B)N2C. The van der Waals surface area contributed by atoms with Crippen LogP contribution in [0.25, 0.3) is 0 Å². The molecule has 3 atom stereocenters. The molecule has 0 aromatic carbocycles. The van der Waals surface area contributed by atoms with Crippen molar-refractivity contribution in [2.45, 2.75) is 28.9 Å². The minimum Gasteiger partial charge on any atom is -0.396 e. The fourth-order valence-corrected chi connectivity index (χ4v) is 2.78. The summed E-state index contributed by atoms with van der Waals surface area (Å²) in [6, 6.07) is 0. The van der Waals surface area contributed by atoms with Gasteiger partial charge in [-0.25, -0.2) is 9.78 Å². The van der Waals surface area contributed by atoms with Crippen molar-refractivity contribution in [2.75, 3.05) is 7.05 Å². The van der Waals surface area contributed by atoms with Gasteiger partial charge in [-0.2, -0.15) is 0 Å². The molecule has 16 heavy (non-hydrogen) atoms. The summed E-state index contributed by atoms with van der Waals surface area (Å²) in [5.74, 6) is 0. The lowest BCUT2D eigenvalue weighted by Crippen LogP contribution is -2.81. The summed E-state index contributed by atoms with van der Waals surface area (Å²) in [5.41, 5.74) is -1.08. The number of hydrogen-bond acceptors (Lipinski definition) is 4. The first-order chi connectivity index (χ1) is 7.13. The number of rotatable bonds is 1. The second-order valence-corrected chi connectivity index (χ2v) is 5.89. The molecule has 0 saturated carbocycles. The summed E-state index contributed by atoms with van der Waals surface area (Å²) < 4.78 is 6.28. The first-order valence-electron chi connectivity index (χ1n) is 5.94. The molecule has 0 aromatic heterocycles. The highest BCUT2D eigenvalue weighted by Gasteiger charge is 2.69. The van der Waals surface area contributed by atoms with Crippen LogP contribution in [0.3, 0.4) is 0 Å². The molecular formula is C6H17B6NO3. The van der Waals surface area contributed by atoms with E-state index < -0.39 is 16.6 Å². The van der Waals surface area contributed by atoms with E-state index in [4.69, 9.17) is 14.5 Å². The number of ether oxygens (including phenoxy) is 1. The Morgan fingerprint density at radius 2 is 1.50 bits per heavy atom. The summed E-state index contributed by atoms with van der Waals surface area (Å²) in [7, 11) is 13.1. The second kappa shape index (κ2) is 3.16. The van der Waals surface area contributed by atoms with Gasteiger partial charge >= 0.3 is 0 Å². The van der Waals surface area contributed by atoms with E-state index in [2.05, 4.69) is 19.6 Å². The zero-order valence-corrected chi connectivity index (χ0v) is 11.4. The van der Waals surface area contributed by atoms with Crippen molar-refractivity contribution in [1.82, 2.24) is 4.90 Å². The molecule has 2 aliphatic heterocycles. The maximum absolute atomic E-state index is 6.28. The maximum Gasteiger partial charge on any atom is 0.169 e. The van der Waals surface area contributed by atoms with Gasteiger partial charge in [-0.05, 0) is 7.05 Å². The van der Waals surface area contributed by atoms with Crippen LogP contribution < -0.4 is 0 Å². The van der Waals surface area contributed by atoms with Crippen molar-refractivity contribution in [3.8, 4) is 0 Å². The molecule has 2 heterocycles. The van der Waals surface area contributed by atoms with Gasteiger partial charge in [0.15, 0.2) is 23.0 Å². The summed E-state index contributed by atoms with van der Waals surface area (Å²) in [4.78, 5) is 13.4. The van der Waals surface area contributed by atoms with Gasteiger partial charge in [0, 0.05) is 10.8 Å². The van der Waals surface area contributed by atoms with Crippen LogP contribution in [-0.2, 0) is 14.5 Å². The molecule has 4 nitrogen and oxygen atoms in total. The highest BCUT2D eigenvalue weighted by Crippen LogP contribution is 2.49. The molecule has 2 bridgehead atoms. The van der Waals surface area contributed by atoms with Crippen molar-refractivity contribution in [3.63, 3.8) is 0 Å². The minimum absolute atomic E-state index is 0.374. The molecule has 2 saturated heterocycles. The lowest BCUT2D eigenvalue weighted by molar-refractivity contribution is -0.313. The Labute approximate surface area is 102 Å². The van der Waals surface area contributed by atoms with Crippen LogP contribution in [-0.4, -0.2) is 80.5 Å². The quantitative estimate of drug-likeness (QED) is 0.323. The monoisotopic (exact) mass is 217 g/mol. The number of hydrogen-bond donors (Lipinski definition) is 0. The average Bonchev–Trinajstić information content (AvgIpc) is 2.41. The van der Waals surface area contributed by atoms with Gasteiger partial charge in [-0.3, -0.25) is 4.90 Å². The Bertz CT molecular complexity index is 331. The van der Waals surface area contributed by atoms with E-state index in [0.717, 1.165) is 7.28 Å². The van der Waals surface area contributed by atoms with Crippen LogP contribution in [0, 0.1) is 0 Å². The molecule has 2 rings (SSSR count). The Balaban J connectivity index is 2.53. The second-order valence-electron chi connectivity index (χ2n) is 5.89. The lowest BCUT2D eigenvalue weighted by Gasteiger charge is -2.59. The van der Waals surface area contributed by atoms with E-state index in [1.807, 2.05) is 38.4 Å². The zero-order valence-electron chi connectivity index (χ0n) is 11.4. The molecule has 0 radical (unpaired) electrons. The molecule has 2 fully saturated rings. The molecule has 82 valence electrons. The van der Waals surface area contributed by atoms with Crippen LogP contribution in [0.15, 0.2) is 0 Å². The lowest BCUT2D eigenvalue weighted by atomic mass is 9.39. The van der Waals surface area contributed by atoms with E-state index in [0.29, 0.717) is 0 Å². The summed E-state index contributed by atoms with van der Waals surface area (Å²) in [6.07, 6.45) is 0. The molecule has 2 aliphatic rings. The number of likely N-dealkylation sites (N-methyl/N-ethyl adjacent to an activating group) is 1. The van der Waals surface area contributed by atoms with E-state index in [-0.39, 0.29) is 5.40 Å². The summed E-state index contributed by atoms with van der Waals surface area (Å²) in [5, 5.41) is -0.788. The number of fused-ring (bicyclic) bond motifs is 2.